The molecule has 0 rings (SSSR count). The normalized spacial score (nSPS) is 10.6. The first-order valence-corrected chi connectivity index (χ1v) is 7.44. The van der Waals surface area contributed by atoms with E-state index in [4.69, 9.17) is 4.74 Å². The number of hydrogen-bond acceptors (Lipinski definition) is 3. The second-order valence-corrected chi connectivity index (χ2v) is 5.24. The third-order valence-corrected chi connectivity index (χ3v) is 2.86. The van der Waals surface area contributed by atoms with E-state index in [1.165, 1.54) is 0 Å². The second kappa shape index (κ2) is 10.8. The molecule has 0 aromatic carbocycles. The molecule has 19 heavy (non-hydrogen) atoms. The van der Waals surface area contributed by atoms with Crippen LogP contribution in [0.4, 0.5) is 0 Å². The van der Waals surface area contributed by atoms with Crippen molar-refractivity contribution in [1.29, 1.82) is 0 Å². The summed E-state index contributed by atoms with van der Waals surface area (Å²) >= 11 is 0. The van der Waals surface area contributed by atoms with Crippen LogP contribution in [-0.2, 0) is 14.3 Å². The van der Waals surface area contributed by atoms with Crippen molar-refractivity contribution in [2.45, 2.75) is 59.8 Å². The summed E-state index contributed by atoms with van der Waals surface area (Å²) in [5.41, 5.74) is 0. The number of rotatable bonds is 10. The minimum absolute atomic E-state index is 0.149. The molecule has 0 aliphatic heterocycles. The minimum Gasteiger partial charge on any atom is -0.466 e. The molecule has 0 saturated carbocycles. The van der Waals surface area contributed by atoms with Gasteiger partial charge in [0.05, 0.1) is 13.0 Å². The lowest BCUT2D eigenvalue weighted by Gasteiger charge is -2.23. The van der Waals surface area contributed by atoms with Crippen molar-refractivity contribution in [3.8, 4) is 0 Å². The maximum atomic E-state index is 12.1. The van der Waals surface area contributed by atoms with Crippen LogP contribution in [0, 0.1) is 5.92 Å². The van der Waals surface area contributed by atoms with Crippen molar-refractivity contribution in [3.63, 3.8) is 0 Å². The highest BCUT2D eigenvalue weighted by molar-refractivity contribution is 5.77. The molecule has 0 aliphatic carbocycles. The molecule has 0 spiro atoms. The number of unbranched alkanes of at least 4 members (excludes halogenated alkanes) is 2. The van der Waals surface area contributed by atoms with Gasteiger partial charge in [0, 0.05) is 19.5 Å². The van der Waals surface area contributed by atoms with Gasteiger partial charge in [-0.1, -0.05) is 33.6 Å². The summed E-state index contributed by atoms with van der Waals surface area (Å²) in [6, 6.07) is 0. The number of carbonyl (C=O) groups is 2. The highest BCUT2D eigenvalue weighted by atomic mass is 16.5. The monoisotopic (exact) mass is 271 g/mol. The average molecular weight is 271 g/mol. The molecule has 0 atom stereocenters. The third kappa shape index (κ3) is 9.51. The van der Waals surface area contributed by atoms with E-state index in [9.17, 15) is 9.59 Å². The Morgan fingerprint density at radius 1 is 1.11 bits per heavy atom. The zero-order valence-corrected chi connectivity index (χ0v) is 12.9. The van der Waals surface area contributed by atoms with E-state index in [1.807, 2.05) is 18.7 Å². The van der Waals surface area contributed by atoms with E-state index in [1.54, 1.807) is 6.92 Å². The summed E-state index contributed by atoms with van der Waals surface area (Å²) in [4.78, 5) is 25.3. The fraction of sp³-hybridized carbons (Fsp3) is 0.867. The van der Waals surface area contributed by atoms with Crippen LogP contribution in [0.2, 0.25) is 0 Å². The van der Waals surface area contributed by atoms with E-state index < -0.39 is 0 Å². The van der Waals surface area contributed by atoms with Gasteiger partial charge in [-0.05, 0) is 19.3 Å². The van der Waals surface area contributed by atoms with Crippen molar-refractivity contribution in [3.05, 3.63) is 0 Å². The number of carbonyl (C=O) groups excluding carboxylic acids is 2. The quantitative estimate of drug-likeness (QED) is 0.453. The van der Waals surface area contributed by atoms with E-state index in [0.29, 0.717) is 31.9 Å². The van der Waals surface area contributed by atoms with Gasteiger partial charge in [0.15, 0.2) is 0 Å². The van der Waals surface area contributed by atoms with Crippen LogP contribution in [0.25, 0.3) is 0 Å². The Morgan fingerprint density at radius 2 is 1.79 bits per heavy atom. The molecule has 0 bridgehead atoms. The molecule has 0 fully saturated rings. The zero-order chi connectivity index (χ0) is 14.7. The molecule has 0 N–H and O–H groups in total. The van der Waals surface area contributed by atoms with Gasteiger partial charge in [-0.2, -0.15) is 0 Å². The van der Waals surface area contributed by atoms with Gasteiger partial charge < -0.3 is 9.64 Å². The van der Waals surface area contributed by atoms with E-state index >= 15 is 0 Å². The Labute approximate surface area is 117 Å². The predicted octanol–water partition coefficient (Wildman–Crippen LogP) is 3.00. The molecule has 0 aromatic rings. The second-order valence-electron chi connectivity index (χ2n) is 5.24. The van der Waals surface area contributed by atoms with Gasteiger partial charge in [-0.25, -0.2) is 0 Å². The first kappa shape index (κ1) is 17.9. The van der Waals surface area contributed by atoms with Gasteiger partial charge in [0.1, 0.15) is 0 Å². The Bertz CT molecular complexity index is 264. The van der Waals surface area contributed by atoms with Crippen molar-refractivity contribution in [1.82, 2.24) is 4.90 Å². The van der Waals surface area contributed by atoms with Gasteiger partial charge in [0.2, 0.25) is 5.91 Å². The number of esters is 1. The lowest BCUT2D eigenvalue weighted by Crippen LogP contribution is -2.34. The van der Waals surface area contributed by atoms with Crippen molar-refractivity contribution < 1.29 is 14.3 Å². The topological polar surface area (TPSA) is 46.6 Å². The Balaban J connectivity index is 4.23. The fourth-order valence-corrected chi connectivity index (χ4v) is 1.85. The van der Waals surface area contributed by atoms with Gasteiger partial charge in [-0.3, -0.25) is 9.59 Å². The summed E-state index contributed by atoms with van der Waals surface area (Å²) in [6.45, 7) is 9.63. The molecule has 112 valence electrons. The van der Waals surface area contributed by atoms with Crippen LogP contribution in [0.3, 0.4) is 0 Å². The number of nitrogens with zero attached hydrogens (tertiary/aromatic N) is 1. The first-order valence-electron chi connectivity index (χ1n) is 7.44. The smallest absolute Gasteiger partial charge is 0.307 e. The summed E-state index contributed by atoms with van der Waals surface area (Å²) in [7, 11) is 0. The summed E-state index contributed by atoms with van der Waals surface area (Å²) in [5.74, 6) is 0.277. The van der Waals surface area contributed by atoms with Crippen LogP contribution in [-0.4, -0.2) is 36.5 Å². The fourth-order valence-electron chi connectivity index (χ4n) is 1.85. The Morgan fingerprint density at radius 3 is 2.32 bits per heavy atom. The lowest BCUT2D eigenvalue weighted by molar-refractivity contribution is -0.144. The molecule has 0 saturated heterocycles. The van der Waals surface area contributed by atoms with E-state index in [-0.39, 0.29) is 11.9 Å². The molecule has 0 radical (unpaired) electrons. The van der Waals surface area contributed by atoms with E-state index in [0.717, 1.165) is 25.8 Å². The molecule has 0 heterocycles. The molecule has 0 aliphatic rings. The molecule has 0 unspecified atom stereocenters. The summed E-state index contributed by atoms with van der Waals surface area (Å²) < 4.78 is 4.90. The number of ether oxygens (including phenoxy) is 1. The van der Waals surface area contributed by atoms with Crippen LogP contribution in [0.15, 0.2) is 0 Å². The largest absolute Gasteiger partial charge is 0.466 e. The highest BCUT2D eigenvalue weighted by Crippen LogP contribution is 2.07. The van der Waals surface area contributed by atoms with Crippen LogP contribution < -0.4 is 0 Å². The van der Waals surface area contributed by atoms with Crippen LogP contribution in [0.5, 0.6) is 0 Å². The van der Waals surface area contributed by atoms with Gasteiger partial charge in [-0.15, -0.1) is 0 Å². The lowest BCUT2D eigenvalue weighted by atomic mass is 10.1. The first-order chi connectivity index (χ1) is 9.01. The van der Waals surface area contributed by atoms with Crippen molar-refractivity contribution >= 4 is 11.9 Å². The van der Waals surface area contributed by atoms with E-state index in [2.05, 4.69) is 6.92 Å². The van der Waals surface area contributed by atoms with Gasteiger partial charge >= 0.3 is 5.97 Å². The van der Waals surface area contributed by atoms with Crippen LogP contribution >= 0.6 is 0 Å². The molecule has 4 heteroatoms. The Hall–Kier alpha value is -1.06. The highest BCUT2D eigenvalue weighted by Gasteiger charge is 2.16. The van der Waals surface area contributed by atoms with Crippen molar-refractivity contribution in [2.75, 3.05) is 19.7 Å². The predicted molar refractivity (Wildman–Crippen MR) is 76.8 cm³/mol. The maximum Gasteiger partial charge on any atom is 0.307 e. The standard InChI is InChI=1S/C15H29NO3/c1-5-7-8-10-16(14(17)12-13(3)4)11-9-15(18)19-6-2/h13H,5-12H2,1-4H3. The summed E-state index contributed by atoms with van der Waals surface area (Å²) in [6.07, 6.45) is 4.09. The SMILES string of the molecule is CCCCCN(CCC(=O)OCC)C(=O)CC(C)C. The summed E-state index contributed by atoms with van der Waals surface area (Å²) in [5, 5.41) is 0. The molecule has 4 nitrogen and oxygen atoms in total. The molecule has 1 amide bonds. The number of hydrogen-bond donors (Lipinski definition) is 0. The molecular weight excluding hydrogens is 242 g/mol. The molecule has 0 aromatic heterocycles. The van der Waals surface area contributed by atoms with Crippen molar-refractivity contribution in [2.24, 2.45) is 5.92 Å². The third-order valence-electron chi connectivity index (χ3n) is 2.86. The molecular formula is C15H29NO3. The van der Waals surface area contributed by atoms with Gasteiger partial charge in [0.25, 0.3) is 0 Å². The number of amides is 1. The zero-order valence-electron chi connectivity index (χ0n) is 12.9. The minimum atomic E-state index is -0.222. The Kier molecular flexibility index (Phi) is 10.2. The average Bonchev–Trinajstić information content (AvgIpc) is 2.32. The van der Waals surface area contributed by atoms with Crippen LogP contribution in [0.1, 0.15) is 59.8 Å². The maximum absolute atomic E-state index is 12.1.